The van der Waals surface area contributed by atoms with Crippen LogP contribution in [0.4, 0.5) is 5.69 Å². The maximum absolute atomic E-state index is 13.0. The smallest absolute Gasteiger partial charge is 0.247 e. The SMILES string of the molecule is Cc1cccc(C)c1NC(=O)[C@H](C)N1C(=O)[C@@H]2[C@@H](C1=O)[C@H]1C=C[C@H]2CC1. The number of nitrogens with one attached hydrogen (secondary N) is 1. The summed E-state index contributed by atoms with van der Waals surface area (Å²) in [5, 5.41) is 2.91. The maximum Gasteiger partial charge on any atom is 0.247 e. The number of imide groups is 1. The summed E-state index contributed by atoms with van der Waals surface area (Å²) in [4.78, 5) is 40.0. The van der Waals surface area contributed by atoms with Gasteiger partial charge in [-0.15, -0.1) is 0 Å². The second-order valence-corrected chi connectivity index (χ2v) is 7.82. The summed E-state index contributed by atoms with van der Waals surface area (Å²) >= 11 is 0. The number of anilines is 1. The molecule has 5 atom stereocenters. The Morgan fingerprint density at radius 2 is 1.54 bits per heavy atom. The zero-order valence-electron chi connectivity index (χ0n) is 15.4. The van der Waals surface area contributed by atoms with Crippen LogP contribution < -0.4 is 5.32 Å². The molecule has 0 unspecified atom stereocenters. The number of carbonyl (C=O) groups excluding carboxylic acids is 3. The van der Waals surface area contributed by atoms with Gasteiger partial charge in [0.2, 0.25) is 17.7 Å². The molecule has 0 aromatic heterocycles. The first-order valence-corrected chi connectivity index (χ1v) is 9.32. The molecule has 3 aliphatic carbocycles. The minimum absolute atomic E-state index is 0.139. The number of para-hydroxylation sites is 1. The van der Waals surface area contributed by atoms with Gasteiger partial charge in [-0.25, -0.2) is 0 Å². The number of aryl methyl sites for hydroxylation is 2. The van der Waals surface area contributed by atoms with Gasteiger partial charge in [-0.2, -0.15) is 0 Å². The standard InChI is InChI=1S/C21H24N2O3/c1-11-5-4-6-12(2)18(11)22-19(24)13(3)23-20(25)16-14-7-8-15(10-9-14)17(16)21(23)26/h4-8,13-17H,9-10H2,1-3H3,(H,22,24)/t13-,14-,15-,16-,17-/m0/s1. The van der Waals surface area contributed by atoms with Crippen LogP contribution >= 0.6 is 0 Å². The lowest BCUT2D eigenvalue weighted by Gasteiger charge is -2.38. The number of allylic oxidation sites excluding steroid dienone is 2. The molecule has 5 nitrogen and oxygen atoms in total. The van der Waals surface area contributed by atoms with Crippen molar-refractivity contribution in [3.8, 4) is 0 Å². The van der Waals surface area contributed by atoms with Crippen molar-refractivity contribution in [3.63, 3.8) is 0 Å². The minimum atomic E-state index is -0.806. The number of hydrogen-bond acceptors (Lipinski definition) is 3. The van der Waals surface area contributed by atoms with Gasteiger partial charge in [-0.1, -0.05) is 30.4 Å². The molecule has 0 spiro atoms. The number of fused-ring (bicyclic) bond motifs is 1. The van der Waals surface area contributed by atoms with Gasteiger partial charge < -0.3 is 5.32 Å². The van der Waals surface area contributed by atoms with Crippen molar-refractivity contribution in [2.24, 2.45) is 23.7 Å². The lowest BCUT2D eigenvalue weighted by molar-refractivity contribution is -0.146. The Kier molecular flexibility index (Phi) is 3.98. The van der Waals surface area contributed by atoms with E-state index in [2.05, 4.69) is 17.5 Å². The Hall–Kier alpha value is -2.43. The van der Waals surface area contributed by atoms with E-state index in [0.717, 1.165) is 29.7 Å². The number of benzene rings is 1. The topological polar surface area (TPSA) is 66.5 Å². The molecule has 2 bridgehead atoms. The van der Waals surface area contributed by atoms with Crippen molar-refractivity contribution in [1.29, 1.82) is 0 Å². The minimum Gasteiger partial charge on any atom is -0.324 e. The van der Waals surface area contributed by atoms with Crippen LogP contribution in [0.1, 0.15) is 30.9 Å². The molecule has 4 aliphatic rings. The van der Waals surface area contributed by atoms with Crippen LogP contribution in [-0.2, 0) is 14.4 Å². The summed E-state index contributed by atoms with van der Waals surface area (Å²) in [7, 11) is 0. The molecule has 1 saturated heterocycles. The molecule has 26 heavy (non-hydrogen) atoms. The molecule has 0 radical (unpaired) electrons. The van der Waals surface area contributed by atoms with Gasteiger partial charge in [-0.3, -0.25) is 19.3 Å². The Labute approximate surface area is 153 Å². The summed E-state index contributed by atoms with van der Waals surface area (Å²) in [5.74, 6) is -0.946. The summed E-state index contributed by atoms with van der Waals surface area (Å²) in [6.45, 7) is 5.50. The maximum atomic E-state index is 13.0. The van der Waals surface area contributed by atoms with E-state index in [0.29, 0.717) is 0 Å². The fourth-order valence-electron chi connectivity index (χ4n) is 4.84. The Morgan fingerprint density at radius 1 is 1.04 bits per heavy atom. The third-order valence-electron chi connectivity index (χ3n) is 6.29. The molecular weight excluding hydrogens is 328 g/mol. The summed E-state index contributed by atoms with van der Waals surface area (Å²) in [6, 6.07) is 4.98. The number of likely N-dealkylation sites (tertiary alicyclic amines) is 1. The van der Waals surface area contributed by atoms with Gasteiger partial charge in [0.05, 0.1) is 11.8 Å². The first-order chi connectivity index (χ1) is 12.4. The summed E-state index contributed by atoms with van der Waals surface area (Å²) in [5.41, 5.74) is 2.67. The van der Waals surface area contributed by atoms with E-state index in [4.69, 9.17) is 0 Å². The molecule has 5 heteroatoms. The van der Waals surface area contributed by atoms with Gasteiger partial charge in [0.15, 0.2) is 0 Å². The zero-order valence-corrected chi connectivity index (χ0v) is 15.4. The van der Waals surface area contributed by atoms with E-state index in [1.165, 1.54) is 4.90 Å². The van der Waals surface area contributed by atoms with Crippen molar-refractivity contribution < 1.29 is 14.4 Å². The second kappa shape index (κ2) is 6.08. The predicted molar refractivity (Wildman–Crippen MR) is 98.2 cm³/mol. The fourth-order valence-corrected chi connectivity index (χ4v) is 4.84. The summed E-state index contributed by atoms with van der Waals surface area (Å²) < 4.78 is 0. The molecule has 5 rings (SSSR count). The molecule has 1 N–H and O–H groups in total. The Morgan fingerprint density at radius 3 is 2.00 bits per heavy atom. The van der Waals surface area contributed by atoms with Crippen molar-refractivity contribution in [2.45, 2.75) is 39.7 Å². The van der Waals surface area contributed by atoms with Gasteiger partial charge in [0.1, 0.15) is 6.04 Å². The fraction of sp³-hybridized carbons (Fsp3) is 0.476. The lowest BCUT2D eigenvalue weighted by atomic mass is 9.63. The van der Waals surface area contributed by atoms with Gasteiger partial charge in [-0.05, 0) is 56.6 Å². The van der Waals surface area contributed by atoms with Gasteiger partial charge >= 0.3 is 0 Å². The van der Waals surface area contributed by atoms with Crippen molar-refractivity contribution in [3.05, 3.63) is 41.5 Å². The highest BCUT2D eigenvalue weighted by molar-refractivity contribution is 6.10. The van der Waals surface area contributed by atoms with E-state index in [9.17, 15) is 14.4 Å². The number of rotatable bonds is 3. The molecule has 1 saturated carbocycles. The molecular formula is C21H24N2O3. The first-order valence-electron chi connectivity index (χ1n) is 9.32. The third-order valence-corrected chi connectivity index (χ3v) is 6.29. The molecule has 136 valence electrons. The normalized spacial score (nSPS) is 30.5. The number of carbonyl (C=O) groups is 3. The quantitative estimate of drug-likeness (QED) is 0.672. The van der Waals surface area contributed by atoms with Crippen LogP contribution in [0.5, 0.6) is 0 Å². The number of amides is 3. The van der Waals surface area contributed by atoms with Crippen molar-refractivity contribution >= 4 is 23.4 Å². The van der Waals surface area contributed by atoms with E-state index >= 15 is 0 Å². The van der Waals surface area contributed by atoms with Crippen molar-refractivity contribution in [1.82, 2.24) is 4.90 Å². The van der Waals surface area contributed by atoms with E-state index in [1.54, 1.807) is 6.92 Å². The van der Waals surface area contributed by atoms with E-state index in [1.807, 2.05) is 32.0 Å². The lowest BCUT2D eigenvalue weighted by Crippen LogP contribution is -2.46. The van der Waals surface area contributed by atoms with Crippen LogP contribution in [0.3, 0.4) is 0 Å². The second-order valence-electron chi connectivity index (χ2n) is 7.82. The van der Waals surface area contributed by atoms with Crippen LogP contribution in [0, 0.1) is 37.5 Å². The molecule has 1 heterocycles. The monoisotopic (exact) mass is 352 g/mol. The third kappa shape index (κ3) is 2.41. The molecule has 3 amide bonds. The summed E-state index contributed by atoms with van der Waals surface area (Å²) in [6.07, 6.45) is 6.09. The van der Waals surface area contributed by atoms with Gasteiger partial charge in [0.25, 0.3) is 0 Å². The molecule has 1 aromatic rings. The van der Waals surface area contributed by atoms with Crippen LogP contribution in [0.2, 0.25) is 0 Å². The average Bonchev–Trinajstić information content (AvgIpc) is 2.91. The highest BCUT2D eigenvalue weighted by atomic mass is 16.2. The largest absolute Gasteiger partial charge is 0.324 e. The van der Waals surface area contributed by atoms with Crippen LogP contribution in [0.15, 0.2) is 30.4 Å². The van der Waals surface area contributed by atoms with Crippen LogP contribution in [-0.4, -0.2) is 28.7 Å². The van der Waals surface area contributed by atoms with Gasteiger partial charge in [0, 0.05) is 5.69 Å². The van der Waals surface area contributed by atoms with Crippen LogP contribution in [0.25, 0.3) is 0 Å². The number of nitrogens with zero attached hydrogens (tertiary/aromatic N) is 1. The first kappa shape index (κ1) is 17.0. The zero-order chi connectivity index (χ0) is 18.6. The molecule has 1 aromatic carbocycles. The number of hydrogen-bond donors (Lipinski definition) is 1. The average molecular weight is 352 g/mol. The Balaban J connectivity index is 1.57. The predicted octanol–water partition coefficient (Wildman–Crippen LogP) is 2.83. The Bertz CT molecular complexity index is 776. The van der Waals surface area contributed by atoms with Crippen molar-refractivity contribution in [2.75, 3.05) is 5.32 Å². The molecule has 1 aliphatic heterocycles. The highest BCUT2D eigenvalue weighted by Gasteiger charge is 2.58. The molecule has 2 fully saturated rings. The van der Waals surface area contributed by atoms with E-state index < -0.39 is 6.04 Å². The highest BCUT2D eigenvalue weighted by Crippen LogP contribution is 2.50. The van der Waals surface area contributed by atoms with E-state index in [-0.39, 0.29) is 41.4 Å².